The lowest BCUT2D eigenvalue weighted by atomic mass is 10.1. The Morgan fingerprint density at radius 3 is 2.68 bits per heavy atom. The van der Waals surface area contributed by atoms with Crippen LogP contribution >= 0.6 is 23.4 Å². The van der Waals surface area contributed by atoms with E-state index in [2.05, 4.69) is 10.2 Å². The van der Waals surface area contributed by atoms with Gasteiger partial charge in [-0.2, -0.15) is 0 Å². The summed E-state index contributed by atoms with van der Waals surface area (Å²) in [6.07, 6.45) is 0. The zero-order valence-electron chi connectivity index (χ0n) is 10.2. The fourth-order valence-corrected chi connectivity index (χ4v) is 2.10. The normalized spacial score (nSPS) is 12.4. The Kier molecular flexibility index (Phi) is 4.57. The molecule has 1 aromatic carbocycles. The lowest BCUT2D eigenvalue weighted by Crippen LogP contribution is -2.04. The van der Waals surface area contributed by atoms with E-state index in [0.29, 0.717) is 21.7 Å². The Balaban J connectivity index is 1.94. The minimum atomic E-state index is -0.311. The van der Waals surface area contributed by atoms with E-state index in [0.717, 1.165) is 0 Å². The van der Waals surface area contributed by atoms with Gasteiger partial charge in [-0.1, -0.05) is 23.4 Å². The molecule has 0 unspecified atom stereocenters. The van der Waals surface area contributed by atoms with Crippen LogP contribution in [0.3, 0.4) is 0 Å². The molecule has 0 radical (unpaired) electrons. The zero-order chi connectivity index (χ0) is 13.8. The number of nitrogens with zero attached hydrogens (tertiary/aromatic N) is 2. The van der Waals surface area contributed by atoms with Crippen LogP contribution in [0.4, 0.5) is 0 Å². The number of carbonyl (C=O) groups excluding carboxylic acids is 1. The molecule has 0 aliphatic carbocycles. The molecule has 2 aromatic rings. The number of hydrogen-bond donors (Lipinski definition) is 1. The highest BCUT2D eigenvalue weighted by atomic mass is 35.5. The minimum absolute atomic E-state index is 0.0257. The molecule has 0 fully saturated rings. The lowest BCUT2D eigenvalue weighted by Gasteiger charge is -1.99. The van der Waals surface area contributed by atoms with Crippen molar-refractivity contribution in [1.29, 1.82) is 0 Å². The number of carbonyl (C=O) groups is 1. The van der Waals surface area contributed by atoms with Gasteiger partial charge in [0.05, 0.1) is 11.8 Å². The van der Waals surface area contributed by atoms with Crippen molar-refractivity contribution in [2.45, 2.75) is 18.2 Å². The van der Waals surface area contributed by atoms with Crippen molar-refractivity contribution in [1.82, 2.24) is 10.2 Å². The third-order valence-corrected chi connectivity index (χ3v) is 3.37. The third-order valence-electron chi connectivity index (χ3n) is 2.30. The number of halogens is 1. The molecular weight excluding hydrogens is 286 g/mol. The summed E-state index contributed by atoms with van der Waals surface area (Å²) in [6.45, 7) is 1.75. The molecule has 2 rings (SSSR count). The van der Waals surface area contributed by atoms with Gasteiger partial charge in [0.2, 0.25) is 5.89 Å². The van der Waals surface area contributed by atoms with Gasteiger partial charge in [-0.15, -0.1) is 10.2 Å². The molecule has 2 N–H and O–H groups in total. The van der Waals surface area contributed by atoms with Crippen molar-refractivity contribution < 1.29 is 9.21 Å². The maximum atomic E-state index is 11.9. The molecular formula is C12H12ClN3O2S. The van der Waals surface area contributed by atoms with Crippen LogP contribution in [0, 0.1) is 0 Å². The van der Waals surface area contributed by atoms with Gasteiger partial charge in [-0.3, -0.25) is 4.79 Å². The number of Topliss-reactive ketones (excluding diaryl/α,β-unsaturated/α-hetero) is 1. The van der Waals surface area contributed by atoms with Crippen LogP contribution in [0.5, 0.6) is 0 Å². The summed E-state index contributed by atoms with van der Waals surface area (Å²) >= 11 is 6.95. The van der Waals surface area contributed by atoms with Crippen LogP contribution in [0.2, 0.25) is 5.02 Å². The summed E-state index contributed by atoms with van der Waals surface area (Å²) in [5.41, 5.74) is 6.20. The van der Waals surface area contributed by atoms with Crippen LogP contribution in [0.15, 0.2) is 33.9 Å². The Morgan fingerprint density at radius 2 is 2.11 bits per heavy atom. The highest BCUT2D eigenvalue weighted by Crippen LogP contribution is 2.20. The predicted molar refractivity (Wildman–Crippen MR) is 73.4 cm³/mol. The van der Waals surface area contributed by atoms with Gasteiger partial charge in [0.1, 0.15) is 0 Å². The second-order valence-electron chi connectivity index (χ2n) is 3.91. The van der Waals surface area contributed by atoms with Gasteiger partial charge in [0.25, 0.3) is 5.22 Å². The first kappa shape index (κ1) is 14.0. The van der Waals surface area contributed by atoms with E-state index < -0.39 is 0 Å². The number of benzene rings is 1. The van der Waals surface area contributed by atoms with Gasteiger partial charge in [0.15, 0.2) is 5.78 Å². The van der Waals surface area contributed by atoms with Crippen molar-refractivity contribution in [3.8, 4) is 0 Å². The average Bonchev–Trinajstić information content (AvgIpc) is 2.86. The Labute approximate surface area is 119 Å². The number of ketones is 1. The number of nitrogens with two attached hydrogens (primary N) is 1. The van der Waals surface area contributed by atoms with Crippen molar-refractivity contribution in [3.05, 3.63) is 40.7 Å². The molecule has 0 spiro atoms. The topological polar surface area (TPSA) is 82.0 Å². The number of hydrogen-bond acceptors (Lipinski definition) is 6. The quantitative estimate of drug-likeness (QED) is 0.675. The lowest BCUT2D eigenvalue weighted by molar-refractivity contribution is 0.102. The molecule has 7 heteroatoms. The number of rotatable bonds is 5. The van der Waals surface area contributed by atoms with Gasteiger partial charge in [-0.25, -0.2) is 0 Å². The molecule has 0 saturated heterocycles. The van der Waals surface area contributed by atoms with Gasteiger partial charge in [0, 0.05) is 10.6 Å². The van der Waals surface area contributed by atoms with Crippen LogP contribution in [-0.4, -0.2) is 21.7 Å². The Hall–Kier alpha value is -1.37. The number of aromatic nitrogens is 2. The largest absolute Gasteiger partial charge is 0.414 e. The first-order valence-corrected chi connectivity index (χ1v) is 6.93. The van der Waals surface area contributed by atoms with Gasteiger partial charge < -0.3 is 10.2 Å². The third kappa shape index (κ3) is 3.79. The fraction of sp³-hybridized carbons (Fsp3) is 0.250. The van der Waals surface area contributed by atoms with E-state index in [1.807, 2.05) is 0 Å². The van der Waals surface area contributed by atoms with Crippen molar-refractivity contribution >= 4 is 29.1 Å². The van der Waals surface area contributed by atoms with E-state index in [4.69, 9.17) is 21.8 Å². The van der Waals surface area contributed by atoms with E-state index >= 15 is 0 Å². The van der Waals surface area contributed by atoms with Crippen LogP contribution in [0.25, 0.3) is 0 Å². The molecule has 100 valence electrons. The SMILES string of the molecule is C[C@H](N)c1nnc(SCC(=O)c2ccc(Cl)cc2)o1. The average molecular weight is 298 g/mol. The second kappa shape index (κ2) is 6.18. The monoisotopic (exact) mass is 297 g/mol. The van der Waals surface area contributed by atoms with Crippen LogP contribution in [0.1, 0.15) is 29.2 Å². The van der Waals surface area contributed by atoms with E-state index in [1.54, 1.807) is 31.2 Å². The molecule has 1 atom stereocenters. The Bertz CT molecular complexity index is 569. The smallest absolute Gasteiger partial charge is 0.277 e. The molecule has 0 saturated carbocycles. The summed E-state index contributed by atoms with van der Waals surface area (Å²) in [6, 6.07) is 6.42. The highest BCUT2D eigenvalue weighted by Gasteiger charge is 2.13. The van der Waals surface area contributed by atoms with Crippen molar-refractivity contribution in [2.24, 2.45) is 5.73 Å². The Morgan fingerprint density at radius 1 is 1.42 bits per heavy atom. The number of thioether (sulfide) groups is 1. The zero-order valence-corrected chi connectivity index (χ0v) is 11.7. The van der Waals surface area contributed by atoms with E-state index in [1.165, 1.54) is 11.8 Å². The summed E-state index contributed by atoms with van der Waals surface area (Å²) in [5.74, 6) is 0.561. The van der Waals surface area contributed by atoms with Gasteiger partial charge >= 0.3 is 0 Å². The molecule has 0 bridgehead atoms. The van der Waals surface area contributed by atoms with E-state index in [9.17, 15) is 4.79 Å². The molecule has 0 aliphatic heterocycles. The first-order valence-electron chi connectivity index (χ1n) is 5.57. The summed E-state index contributed by atoms with van der Waals surface area (Å²) < 4.78 is 5.29. The summed E-state index contributed by atoms with van der Waals surface area (Å²) in [7, 11) is 0. The van der Waals surface area contributed by atoms with Crippen LogP contribution < -0.4 is 5.73 Å². The highest BCUT2D eigenvalue weighted by molar-refractivity contribution is 7.99. The molecule has 19 heavy (non-hydrogen) atoms. The fourth-order valence-electron chi connectivity index (χ4n) is 1.31. The van der Waals surface area contributed by atoms with Gasteiger partial charge in [-0.05, 0) is 31.2 Å². The molecule has 0 amide bonds. The maximum Gasteiger partial charge on any atom is 0.277 e. The van der Waals surface area contributed by atoms with Crippen molar-refractivity contribution in [3.63, 3.8) is 0 Å². The predicted octanol–water partition coefficient (Wildman–Crippen LogP) is 2.72. The molecule has 5 nitrogen and oxygen atoms in total. The summed E-state index contributed by atoms with van der Waals surface area (Å²) in [4.78, 5) is 11.9. The molecule has 1 aromatic heterocycles. The summed E-state index contributed by atoms with van der Waals surface area (Å²) in [5, 5.41) is 8.54. The molecule has 1 heterocycles. The minimum Gasteiger partial charge on any atom is -0.414 e. The second-order valence-corrected chi connectivity index (χ2v) is 5.28. The maximum absolute atomic E-state index is 11.9. The van der Waals surface area contributed by atoms with E-state index in [-0.39, 0.29) is 17.6 Å². The molecule has 0 aliphatic rings. The standard InChI is InChI=1S/C12H12ClN3O2S/c1-7(14)11-15-16-12(18-11)19-6-10(17)8-2-4-9(13)5-3-8/h2-5,7H,6,14H2,1H3/t7-/m0/s1. The van der Waals surface area contributed by atoms with Crippen molar-refractivity contribution in [2.75, 3.05) is 5.75 Å². The first-order chi connectivity index (χ1) is 9.06. The van der Waals surface area contributed by atoms with Crippen LogP contribution in [-0.2, 0) is 0 Å².